The third-order valence-corrected chi connectivity index (χ3v) is 11.0. The van der Waals surface area contributed by atoms with E-state index in [1.54, 1.807) is 0 Å². The Bertz CT molecular complexity index is 3450. The molecule has 0 aliphatic carbocycles. The zero-order valence-corrected chi connectivity index (χ0v) is 30.4. The number of hydrogen-bond acceptors (Lipinski definition) is 5. The van der Waals surface area contributed by atoms with Gasteiger partial charge in [-0.05, 0) is 48.0 Å². The molecule has 0 N–H and O–H groups in total. The normalized spacial score (nSPS) is 11.9. The molecule has 0 saturated carbocycles. The fraction of sp³-hybridized carbons (Fsp3) is 0. The molecule has 0 radical (unpaired) electrons. The second-order valence-corrected chi connectivity index (χ2v) is 14.4. The molecule has 57 heavy (non-hydrogen) atoms. The lowest BCUT2D eigenvalue weighted by atomic mass is 10.0. The third kappa shape index (κ3) is 5.01. The first-order valence-electron chi connectivity index (χ1n) is 19.0. The zero-order chi connectivity index (χ0) is 37.5. The molecule has 12 aromatic rings. The minimum Gasteiger partial charge on any atom is -0.456 e. The topological polar surface area (TPSA) is 69.9 Å². The van der Waals surface area contributed by atoms with Crippen LogP contribution in [-0.2, 0) is 0 Å². The van der Waals surface area contributed by atoms with Crippen LogP contribution in [0.1, 0.15) is 0 Å². The summed E-state index contributed by atoms with van der Waals surface area (Å²) in [7, 11) is 0. The van der Waals surface area contributed by atoms with Crippen molar-refractivity contribution >= 4 is 65.7 Å². The lowest BCUT2D eigenvalue weighted by Crippen LogP contribution is -2.00. The quantitative estimate of drug-likeness (QED) is 0.176. The first-order chi connectivity index (χ1) is 28.2. The van der Waals surface area contributed by atoms with Crippen molar-refractivity contribution in [1.82, 2.24) is 19.5 Å². The van der Waals surface area contributed by atoms with Gasteiger partial charge in [0, 0.05) is 66.3 Å². The van der Waals surface area contributed by atoms with Crippen molar-refractivity contribution in [2.75, 3.05) is 0 Å². The molecule has 8 aromatic carbocycles. The molecule has 0 aliphatic heterocycles. The van der Waals surface area contributed by atoms with Crippen LogP contribution in [0, 0.1) is 0 Å². The van der Waals surface area contributed by atoms with E-state index in [0.29, 0.717) is 17.5 Å². The molecule has 6 nitrogen and oxygen atoms in total. The van der Waals surface area contributed by atoms with Crippen molar-refractivity contribution in [3.63, 3.8) is 0 Å². The summed E-state index contributed by atoms with van der Waals surface area (Å²) < 4.78 is 15.7. The number of hydrogen-bond donors (Lipinski definition) is 0. The second kappa shape index (κ2) is 12.3. The molecule has 4 aromatic heterocycles. The number of rotatable bonds is 5. The van der Waals surface area contributed by atoms with Crippen molar-refractivity contribution in [2.45, 2.75) is 0 Å². The Morgan fingerprint density at radius 1 is 0.333 bits per heavy atom. The number of benzene rings is 8. The van der Waals surface area contributed by atoms with Gasteiger partial charge in [0.25, 0.3) is 0 Å². The fourth-order valence-corrected chi connectivity index (χ4v) is 8.37. The molecule has 0 fully saturated rings. The summed E-state index contributed by atoms with van der Waals surface area (Å²) >= 11 is 0. The Balaban J connectivity index is 1.09. The molecule has 266 valence electrons. The summed E-state index contributed by atoms with van der Waals surface area (Å²) in [6.45, 7) is 0. The highest BCUT2D eigenvalue weighted by Gasteiger charge is 2.21. The van der Waals surface area contributed by atoms with Crippen LogP contribution in [0.15, 0.2) is 191 Å². The molecule has 6 heteroatoms. The summed E-state index contributed by atoms with van der Waals surface area (Å²) in [5.74, 6) is 1.81. The molecular weight excluding hydrogens is 701 g/mol. The Hall–Kier alpha value is -7.83. The summed E-state index contributed by atoms with van der Waals surface area (Å²) in [4.78, 5) is 14.9. The van der Waals surface area contributed by atoms with Crippen LogP contribution in [0.2, 0.25) is 0 Å². The molecule has 4 heterocycles. The Kier molecular flexibility index (Phi) is 6.83. The van der Waals surface area contributed by atoms with Gasteiger partial charge in [-0.1, -0.05) is 133 Å². The number of furan rings is 2. The molecule has 12 rings (SSSR count). The predicted molar refractivity (Wildman–Crippen MR) is 230 cm³/mol. The van der Waals surface area contributed by atoms with E-state index in [9.17, 15) is 0 Å². The van der Waals surface area contributed by atoms with Gasteiger partial charge in [-0.25, -0.2) is 15.0 Å². The summed E-state index contributed by atoms with van der Waals surface area (Å²) in [6.07, 6.45) is 0. The highest BCUT2D eigenvalue weighted by molar-refractivity contribution is 6.18. The summed E-state index contributed by atoms with van der Waals surface area (Å²) in [6, 6.07) is 62.7. The number of nitrogens with zero attached hydrogens (tertiary/aromatic N) is 4. The minimum absolute atomic E-state index is 0.580. The largest absolute Gasteiger partial charge is 0.456 e. The van der Waals surface area contributed by atoms with Gasteiger partial charge in [0.1, 0.15) is 22.3 Å². The third-order valence-electron chi connectivity index (χ3n) is 11.0. The number of aromatic nitrogens is 4. The summed E-state index contributed by atoms with van der Waals surface area (Å²) in [5, 5.41) is 6.62. The fourth-order valence-electron chi connectivity index (χ4n) is 8.37. The Morgan fingerprint density at radius 2 is 0.912 bits per heavy atom. The average Bonchev–Trinajstić information content (AvgIpc) is 3.94. The first kappa shape index (κ1) is 31.5. The van der Waals surface area contributed by atoms with E-state index in [1.165, 1.54) is 10.8 Å². The average molecular weight is 731 g/mol. The molecule has 0 amide bonds. The van der Waals surface area contributed by atoms with Gasteiger partial charge in [0.2, 0.25) is 0 Å². The molecule has 0 atom stereocenters. The van der Waals surface area contributed by atoms with Crippen molar-refractivity contribution in [2.24, 2.45) is 0 Å². The maximum atomic E-state index is 6.87. The maximum absolute atomic E-state index is 6.87. The van der Waals surface area contributed by atoms with Crippen molar-refractivity contribution in [3.8, 4) is 51.0 Å². The summed E-state index contributed by atoms with van der Waals surface area (Å²) in [5.41, 5.74) is 11.3. The molecule has 0 bridgehead atoms. The van der Waals surface area contributed by atoms with Gasteiger partial charge in [-0.3, -0.25) is 0 Å². The van der Waals surface area contributed by atoms with Crippen molar-refractivity contribution in [1.29, 1.82) is 0 Å². The molecule has 0 spiro atoms. The number of para-hydroxylation sites is 2. The van der Waals surface area contributed by atoms with Gasteiger partial charge in [-0.2, -0.15) is 0 Å². The van der Waals surface area contributed by atoms with E-state index in [2.05, 4.69) is 108 Å². The zero-order valence-electron chi connectivity index (χ0n) is 30.4. The van der Waals surface area contributed by atoms with Crippen molar-refractivity contribution in [3.05, 3.63) is 182 Å². The van der Waals surface area contributed by atoms with Gasteiger partial charge in [-0.15, -0.1) is 0 Å². The molecular formula is C51H30N4O2. The standard InChI is InChI=1S/C51H30N4O2/c1-4-14-31(15-5-1)39-27-35(55-43-22-12-10-20-36(43)40-29-41-37-21-11-13-23-45(37)56-47(41)30-44(40)55)28-42-38-25-24-34(26-46(38)57-48(39)42)51-53-49(32-16-6-2-7-17-32)52-50(54-51)33-18-8-3-9-19-33/h1-30H. The minimum atomic E-state index is 0.580. The van der Waals surface area contributed by atoms with E-state index < -0.39 is 0 Å². The SMILES string of the molecule is c1ccc(-c2nc(-c3ccccc3)nc(-c3ccc4c(c3)oc3c(-c5ccccc5)cc(-n5c6ccccc6c6cc7c(cc65)oc5ccccc57)cc34)n2)cc1. The van der Waals surface area contributed by atoms with Gasteiger partial charge >= 0.3 is 0 Å². The highest BCUT2D eigenvalue weighted by atomic mass is 16.3. The van der Waals surface area contributed by atoms with E-state index in [4.69, 9.17) is 23.8 Å². The van der Waals surface area contributed by atoms with Crippen LogP contribution < -0.4 is 0 Å². The second-order valence-electron chi connectivity index (χ2n) is 14.4. The molecule has 0 saturated heterocycles. The van der Waals surface area contributed by atoms with Crippen LogP contribution in [-0.4, -0.2) is 19.5 Å². The first-order valence-corrected chi connectivity index (χ1v) is 19.0. The van der Waals surface area contributed by atoms with Crippen LogP contribution in [0.4, 0.5) is 0 Å². The lowest BCUT2D eigenvalue weighted by molar-refractivity contribution is 0.669. The van der Waals surface area contributed by atoms with Crippen LogP contribution >= 0.6 is 0 Å². The molecule has 0 unspecified atom stereocenters. The van der Waals surface area contributed by atoms with Crippen molar-refractivity contribution < 1.29 is 8.83 Å². The van der Waals surface area contributed by atoms with E-state index in [-0.39, 0.29) is 0 Å². The van der Waals surface area contributed by atoms with Gasteiger partial charge < -0.3 is 13.4 Å². The number of fused-ring (bicyclic) bond motifs is 9. The maximum Gasteiger partial charge on any atom is 0.164 e. The van der Waals surface area contributed by atoms with Crippen LogP contribution in [0.3, 0.4) is 0 Å². The van der Waals surface area contributed by atoms with Gasteiger partial charge in [0.15, 0.2) is 17.5 Å². The monoisotopic (exact) mass is 730 g/mol. The Labute approximate surface area is 325 Å². The van der Waals surface area contributed by atoms with Crippen LogP contribution in [0.25, 0.3) is 117 Å². The van der Waals surface area contributed by atoms with Crippen LogP contribution in [0.5, 0.6) is 0 Å². The molecule has 0 aliphatic rings. The van der Waals surface area contributed by atoms with E-state index in [1.807, 2.05) is 78.9 Å². The van der Waals surface area contributed by atoms with E-state index in [0.717, 1.165) is 88.4 Å². The smallest absolute Gasteiger partial charge is 0.164 e. The van der Waals surface area contributed by atoms with Gasteiger partial charge in [0.05, 0.1) is 11.0 Å². The highest BCUT2D eigenvalue weighted by Crippen LogP contribution is 2.43. The Morgan fingerprint density at radius 3 is 1.63 bits per heavy atom. The van der Waals surface area contributed by atoms with E-state index >= 15 is 0 Å². The lowest BCUT2D eigenvalue weighted by Gasteiger charge is -2.11. The predicted octanol–water partition coefficient (Wildman–Crippen LogP) is 13.4.